The van der Waals surface area contributed by atoms with Gasteiger partial charge in [0.25, 0.3) is 0 Å². The summed E-state index contributed by atoms with van der Waals surface area (Å²) < 4.78 is 0. The van der Waals surface area contributed by atoms with Gasteiger partial charge in [0.1, 0.15) is 5.69 Å². The molecule has 2 unspecified atom stereocenters. The molecular formula is C12H17N3O. The average molecular weight is 219 g/mol. The molecule has 1 aromatic heterocycles. The fourth-order valence-electron chi connectivity index (χ4n) is 2.15. The second-order valence-corrected chi connectivity index (χ2v) is 4.50. The first-order valence-corrected chi connectivity index (χ1v) is 5.78. The summed E-state index contributed by atoms with van der Waals surface area (Å²) in [5.74, 6) is 0.792. The highest BCUT2D eigenvalue weighted by Gasteiger charge is 2.21. The highest BCUT2D eigenvalue weighted by molar-refractivity contribution is 5.94. The van der Waals surface area contributed by atoms with E-state index in [4.69, 9.17) is 0 Å². The molecule has 0 aliphatic carbocycles. The van der Waals surface area contributed by atoms with Gasteiger partial charge < -0.3 is 5.32 Å². The first-order chi connectivity index (χ1) is 7.75. The fraction of sp³-hybridized carbons (Fsp3) is 0.583. The Morgan fingerprint density at radius 1 is 1.56 bits per heavy atom. The first kappa shape index (κ1) is 11.2. The van der Waals surface area contributed by atoms with Gasteiger partial charge >= 0.3 is 0 Å². The number of ketones is 1. The predicted octanol–water partition coefficient (Wildman–Crippen LogP) is 1.44. The zero-order valence-electron chi connectivity index (χ0n) is 9.52. The van der Waals surface area contributed by atoms with Crippen LogP contribution >= 0.6 is 0 Å². The number of nitrogens with one attached hydrogen (secondary N) is 1. The van der Waals surface area contributed by atoms with E-state index in [9.17, 15) is 4.79 Å². The molecule has 0 aromatic carbocycles. The van der Waals surface area contributed by atoms with Gasteiger partial charge in [0.05, 0.1) is 6.20 Å². The van der Waals surface area contributed by atoms with Gasteiger partial charge in [-0.1, -0.05) is 6.92 Å². The first-order valence-electron chi connectivity index (χ1n) is 5.78. The Labute approximate surface area is 95.5 Å². The van der Waals surface area contributed by atoms with Crippen molar-refractivity contribution in [1.82, 2.24) is 15.3 Å². The molecule has 4 nitrogen and oxygen atoms in total. The van der Waals surface area contributed by atoms with Crippen LogP contribution in [0.5, 0.6) is 0 Å². The van der Waals surface area contributed by atoms with Gasteiger partial charge in [-0.3, -0.25) is 9.78 Å². The average Bonchev–Trinajstić information content (AvgIpc) is 2.30. The van der Waals surface area contributed by atoms with E-state index < -0.39 is 0 Å². The Bertz CT molecular complexity index is 353. The minimum atomic E-state index is 0.0831. The van der Waals surface area contributed by atoms with Gasteiger partial charge in [-0.05, 0) is 25.3 Å². The number of Topliss-reactive ketones (excluding diaryl/α,β-unsaturated/α-hetero) is 1. The summed E-state index contributed by atoms with van der Waals surface area (Å²) in [6.07, 6.45) is 7.49. The number of carbonyl (C=O) groups is 1. The van der Waals surface area contributed by atoms with Crippen molar-refractivity contribution >= 4 is 5.78 Å². The van der Waals surface area contributed by atoms with Crippen LogP contribution in [-0.4, -0.2) is 28.3 Å². The van der Waals surface area contributed by atoms with Crippen molar-refractivity contribution in [2.45, 2.75) is 32.2 Å². The number of aromatic nitrogens is 2. The van der Waals surface area contributed by atoms with Crippen molar-refractivity contribution in [3.63, 3.8) is 0 Å². The fourth-order valence-corrected chi connectivity index (χ4v) is 2.15. The molecule has 1 aliphatic rings. The summed E-state index contributed by atoms with van der Waals surface area (Å²) in [7, 11) is 0. The lowest BCUT2D eigenvalue weighted by atomic mass is 9.91. The van der Waals surface area contributed by atoms with Crippen LogP contribution in [0.15, 0.2) is 18.6 Å². The molecule has 0 spiro atoms. The number of piperidine rings is 1. The molecule has 1 aromatic rings. The second kappa shape index (κ2) is 5.16. The molecule has 0 saturated carbocycles. The third kappa shape index (κ3) is 2.85. The van der Waals surface area contributed by atoms with Crippen molar-refractivity contribution in [2.75, 3.05) is 6.54 Å². The lowest BCUT2D eigenvalue weighted by Gasteiger charge is -2.27. The van der Waals surface area contributed by atoms with Gasteiger partial charge in [-0.2, -0.15) is 0 Å². The molecule has 1 N–H and O–H groups in total. The second-order valence-electron chi connectivity index (χ2n) is 4.50. The van der Waals surface area contributed by atoms with Crippen molar-refractivity contribution in [3.8, 4) is 0 Å². The van der Waals surface area contributed by atoms with Crippen LogP contribution in [0.3, 0.4) is 0 Å². The van der Waals surface area contributed by atoms with Crippen molar-refractivity contribution in [1.29, 1.82) is 0 Å². The smallest absolute Gasteiger partial charge is 0.184 e. The van der Waals surface area contributed by atoms with Gasteiger partial charge in [-0.15, -0.1) is 0 Å². The number of nitrogens with zero attached hydrogens (tertiary/aromatic N) is 2. The highest BCUT2D eigenvalue weighted by Crippen LogP contribution is 2.18. The molecule has 2 atom stereocenters. The maximum atomic E-state index is 11.9. The Balaban J connectivity index is 1.92. The number of carbonyl (C=O) groups excluding carboxylic acids is 1. The van der Waals surface area contributed by atoms with E-state index in [0.29, 0.717) is 24.1 Å². The summed E-state index contributed by atoms with van der Waals surface area (Å²) in [5.41, 5.74) is 0.475. The summed E-state index contributed by atoms with van der Waals surface area (Å²) in [4.78, 5) is 19.8. The quantitative estimate of drug-likeness (QED) is 0.781. The van der Waals surface area contributed by atoms with Crippen LogP contribution in [0.4, 0.5) is 0 Å². The molecule has 0 amide bonds. The summed E-state index contributed by atoms with van der Waals surface area (Å²) >= 11 is 0. The standard InChI is InChI=1S/C12H17N3O/c1-9-2-3-14-10(6-9)7-12(16)11-8-13-4-5-15-11/h4-5,8-10,14H,2-3,6-7H2,1H3. The molecule has 2 heterocycles. The summed E-state index contributed by atoms with van der Waals surface area (Å²) in [6.45, 7) is 3.25. The number of hydrogen-bond acceptors (Lipinski definition) is 4. The lowest BCUT2D eigenvalue weighted by Crippen LogP contribution is -2.38. The molecule has 1 aliphatic heterocycles. The van der Waals surface area contributed by atoms with Crippen LogP contribution < -0.4 is 5.32 Å². The third-order valence-electron chi connectivity index (χ3n) is 3.04. The van der Waals surface area contributed by atoms with Crippen molar-refractivity contribution in [3.05, 3.63) is 24.3 Å². The molecule has 1 fully saturated rings. The number of hydrogen-bond donors (Lipinski definition) is 1. The van der Waals surface area contributed by atoms with Crippen LogP contribution in [0.2, 0.25) is 0 Å². The van der Waals surface area contributed by atoms with E-state index in [1.54, 1.807) is 12.4 Å². The van der Waals surface area contributed by atoms with Crippen LogP contribution in [-0.2, 0) is 0 Å². The van der Waals surface area contributed by atoms with Gasteiger partial charge in [0.15, 0.2) is 5.78 Å². The molecular weight excluding hydrogens is 202 g/mol. The lowest BCUT2D eigenvalue weighted by molar-refractivity contribution is 0.0953. The molecule has 4 heteroatoms. The Kier molecular flexibility index (Phi) is 3.62. The zero-order chi connectivity index (χ0) is 11.4. The molecule has 0 bridgehead atoms. The summed E-state index contributed by atoms with van der Waals surface area (Å²) in [6, 6.07) is 0.304. The van der Waals surface area contributed by atoms with E-state index in [2.05, 4.69) is 22.2 Å². The molecule has 16 heavy (non-hydrogen) atoms. The normalized spacial score (nSPS) is 25.3. The molecule has 0 radical (unpaired) electrons. The van der Waals surface area contributed by atoms with Gasteiger partial charge in [-0.25, -0.2) is 4.98 Å². The zero-order valence-corrected chi connectivity index (χ0v) is 9.52. The Hall–Kier alpha value is -1.29. The van der Waals surface area contributed by atoms with E-state index in [-0.39, 0.29) is 5.78 Å². The highest BCUT2D eigenvalue weighted by atomic mass is 16.1. The van der Waals surface area contributed by atoms with Crippen LogP contribution in [0.25, 0.3) is 0 Å². The Morgan fingerprint density at radius 2 is 2.44 bits per heavy atom. The topological polar surface area (TPSA) is 54.9 Å². The van der Waals surface area contributed by atoms with E-state index in [1.165, 1.54) is 12.6 Å². The monoisotopic (exact) mass is 219 g/mol. The van der Waals surface area contributed by atoms with Gasteiger partial charge in [0.2, 0.25) is 0 Å². The Morgan fingerprint density at radius 3 is 3.12 bits per heavy atom. The third-order valence-corrected chi connectivity index (χ3v) is 3.04. The maximum Gasteiger partial charge on any atom is 0.184 e. The van der Waals surface area contributed by atoms with Crippen LogP contribution in [0, 0.1) is 5.92 Å². The molecule has 2 rings (SSSR count). The minimum absolute atomic E-state index is 0.0831. The SMILES string of the molecule is CC1CCNC(CC(=O)c2cnccn2)C1. The van der Waals surface area contributed by atoms with E-state index in [0.717, 1.165) is 13.0 Å². The largest absolute Gasteiger partial charge is 0.314 e. The van der Waals surface area contributed by atoms with E-state index in [1.807, 2.05) is 0 Å². The van der Waals surface area contributed by atoms with Crippen molar-refractivity contribution in [2.24, 2.45) is 5.92 Å². The van der Waals surface area contributed by atoms with Gasteiger partial charge in [0, 0.05) is 24.9 Å². The minimum Gasteiger partial charge on any atom is -0.314 e. The van der Waals surface area contributed by atoms with E-state index >= 15 is 0 Å². The summed E-state index contributed by atoms with van der Waals surface area (Å²) in [5, 5.41) is 3.38. The molecule has 86 valence electrons. The number of rotatable bonds is 3. The van der Waals surface area contributed by atoms with Crippen molar-refractivity contribution < 1.29 is 4.79 Å². The predicted molar refractivity (Wildman–Crippen MR) is 61.2 cm³/mol. The maximum absolute atomic E-state index is 11.9. The molecule has 1 saturated heterocycles. The van der Waals surface area contributed by atoms with Crippen LogP contribution in [0.1, 0.15) is 36.7 Å².